The minimum absolute atomic E-state index is 0.236. The summed E-state index contributed by atoms with van der Waals surface area (Å²) in [6, 6.07) is 9.56. The van der Waals surface area contributed by atoms with E-state index in [1.165, 1.54) is 0 Å². The second-order valence-electron chi connectivity index (χ2n) is 5.96. The highest BCUT2D eigenvalue weighted by Gasteiger charge is 2.48. The van der Waals surface area contributed by atoms with Crippen molar-refractivity contribution in [1.29, 1.82) is 0 Å². The number of nitrogens with zero attached hydrogens (tertiary/aromatic N) is 1. The van der Waals surface area contributed by atoms with Crippen LogP contribution in [0.15, 0.2) is 30.3 Å². The number of ether oxygens (including phenoxy) is 2. The van der Waals surface area contributed by atoms with Gasteiger partial charge < -0.3 is 14.4 Å². The summed E-state index contributed by atoms with van der Waals surface area (Å²) in [6.07, 6.45) is 0.661. The van der Waals surface area contributed by atoms with Gasteiger partial charge in [0.2, 0.25) is 0 Å². The highest BCUT2D eigenvalue weighted by atomic mass is 16.6. The van der Waals surface area contributed by atoms with Crippen LogP contribution < -0.4 is 0 Å². The minimum Gasteiger partial charge on any atom is -0.465 e. The Hall–Kier alpha value is -1.88. The van der Waals surface area contributed by atoms with E-state index in [2.05, 4.69) is 18.7 Å². The minimum atomic E-state index is -1.31. The lowest BCUT2D eigenvalue weighted by atomic mass is 9.78. The van der Waals surface area contributed by atoms with Gasteiger partial charge in [-0.1, -0.05) is 44.2 Å². The second kappa shape index (κ2) is 10.9. The Balaban J connectivity index is 3.20. The standard InChI is InChI=1S/C20H31NO4/c1-5-21(6-2)15-14-20(18(22)24-7-3,19(23)25-8-4)16-17-12-10-9-11-13-17/h9-13H,5-8,14-16H2,1-4H3. The first-order valence-electron chi connectivity index (χ1n) is 9.14. The predicted octanol–water partition coefficient (Wildman–Crippen LogP) is 3.07. The van der Waals surface area contributed by atoms with Gasteiger partial charge in [0.25, 0.3) is 0 Å². The summed E-state index contributed by atoms with van der Waals surface area (Å²) in [5.74, 6) is -0.992. The van der Waals surface area contributed by atoms with Gasteiger partial charge >= 0.3 is 11.9 Å². The molecule has 0 spiro atoms. The Morgan fingerprint density at radius 3 is 1.88 bits per heavy atom. The molecule has 1 aromatic carbocycles. The fraction of sp³-hybridized carbons (Fsp3) is 0.600. The van der Waals surface area contributed by atoms with Gasteiger partial charge in [-0.25, -0.2) is 0 Å². The average Bonchev–Trinajstić information content (AvgIpc) is 2.62. The molecule has 1 rings (SSSR count). The van der Waals surface area contributed by atoms with Crippen LogP contribution in [-0.2, 0) is 25.5 Å². The van der Waals surface area contributed by atoms with Gasteiger partial charge in [-0.05, 0) is 51.9 Å². The fourth-order valence-electron chi connectivity index (χ4n) is 2.89. The summed E-state index contributed by atoms with van der Waals surface area (Å²) in [5, 5.41) is 0. The first-order valence-corrected chi connectivity index (χ1v) is 9.14. The quantitative estimate of drug-likeness (QED) is 0.454. The summed E-state index contributed by atoms with van der Waals surface area (Å²) in [4.78, 5) is 27.9. The summed E-state index contributed by atoms with van der Waals surface area (Å²) in [6.45, 7) is 10.5. The van der Waals surface area contributed by atoms with E-state index >= 15 is 0 Å². The second-order valence-corrected chi connectivity index (χ2v) is 5.96. The van der Waals surface area contributed by atoms with Crippen LogP contribution in [-0.4, -0.2) is 49.7 Å². The van der Waals surface area contributed by atoms with Gasteiger partial charge in [-0.15, -0.1) is 0 Å². The molecule has 1 aromatic rings. The van der Waals surface area contributed by atoms with Crippen molar-refractivity contribution in [3.63, 3.8) is 0 Å². The van der Waals surface area contributed by atoms with E-state index in [0.29, 0.717) is 13.0 Å². The molecule has 0 aliphatic carbocycles. The molecule has 0 N–H and O–H groups in total. The Morgan fingerprint density at radius 2 is 1.44 bits per heavy atom. The van der Waals surface area contributed by atoms with E-state index in [9.17, 15) is 9.59 Å². The van der Waals surface area contributed by atoms with Crippen LogP contribution in [0.2, 0.25) is 0 Å². The van der Waals surface area contributed by atoms with Crippen molar-refractivity contribution < 1.29 is 19.1 Å². The zero-order valence-corrected chi connectivity index (χ0v) is 15.9. The molecule has 0 unspecified atom stereocenters. The lowest BCUT2D eigenvalue weighted by molar-refractivity contribution is -0.173. The van der Waals surface area contributed by atoms with Crippen molar-refractivity contribution in [3.05, 3.63) is 35.9 Å². The zero-order chi connectivity index (χ0) is 18.7. The van der Waals surface area contributed by atoms with Crippen molar-refractivity contribution in [2.24, 2.45) is 5.41 Å². The molecule has 5 heteroatoms. The van der Waals surface area contributed by atoms with Gasteiger partial charge in [0.15, 0.2) is 5.41 Å². The van der Waals surface area contributed by atoms with Crippen molar-refractivity contribution in [2.45, 2.75) is 40.5 Å². The molecule has 0 radical (unpaired) electrons. The van der Waals surface area contributed by atoms with E-state index in [0.717, 1.165) is 18.7 Å². The van der Waals surface area contributed by atoms with Crippen LogP contribution in [0.3, 0.4) is 0 Å². The predicted molar refractivity (Wildman–Crippen MR) is 98.3 cm³/mol. The summed E-state index contributed by atoms with van der Waals surface area (Å²) < 4.78 is 10.6. The monoisotopic (exact) mass is 349 g/mol. The largest absolute Gasteiger partial charge is 0.465 e. The van der Waals surface area contributed by atoms with Gasteiger partial charge in [-0.2, -0.15) is 0 Å². The van der Waals surface area contributed by atoms with E-state index < -0.39 is 17.4 Å². The van der Waals surface area contributed by atoms with Crippen molar-refractivity contribution in [1.82, 2.24) is 4.90 Å². The summed E-state index contributed by atoms with van der Waals surface area (Å²) >= 11 is 0. The molecular weight excluding hydrogens is 318 g/mol. The first kappa shape index (κ1) is 21.2. The van der Waals surface area contributed by atoms with E-state index in [1.807, 2.05) is 30.3 Å². The average molecular weight is 349 g/mol. The molecule has 0 fully saturated rings. The van der Waals surface area contributed by atoms with Crippen molar-refractivity contribution in [3.8, 4) is 0 Å². The number of hydrogen-bond acceptors (Lipinski definition) is 5. The third-order valence-electron chi connectivity index (χ3n) is 4.43. The third-order valence-corrected chi connectivity index (χ3v) is 4.43. The highest BCUT2D eigenvalue weighted by Crippen LogP contribution is 2.32. The van der Waals surface area contributed by atoms with Crippen LogP contribution >= 0.6 is 0 Å². The molecule has 0 heterocycles. The van der Waals surface area contributed by atoms with Crippen LogP contribution in [0, 0.1) is 5.41 Å². The van der Waals surface area contributed by atoms with Gasteiger partial charge in [0.05, 0.1) is 13.2 Å². The van der Waals surface area contributed by atoms with Gasteiger partial charge in [0, 0.05) is 0 Å². The molecule has 0 aliphatic rings. The molecule has 0 aliphatic heterocycles. The number of benzene rings is 1. The topological polar surface area (TPSA) is 55.8 Å². The first-order chi connectivity index (χ1) is 12.0. The molecule has 0 saturated carbocycles. The van der Waals surface area contributed by atoms with Crippen molar-refractivity contribution >= 4 is 11.9 Å². The maximum Gasteiger partial charge on any atom is 0.323 e. The summed E-state index contributed by atoms with van der Waals surface area (Å²) in [5.41, 5.74) is -0.390. The van der Waals surface area contributed by atoms with Crippen LogP contribution in [0.25, 0.3) is 0 Å². The number of carbonyl (C=O) groups excluding carboxylic acids is 2. The molecule has 0 aromatic heterocycles. The molecular formula is C20H31NO4. The zero-order valence-electron chi connectivity index (χ0n) is 15.9. The Kier molecular flexibility index (Phi) is 9.21. The van der Waals surface area contributed by atoms with Gasteiger partial charge in [0.1, 0.15) is 0 Å². The number of hydrogen-bond donors (Lipinski definition) is 0. The number of esters is 2. The molecule has 5 nitrogen and oxygen atoms in total. The Morgan fingerprint density at radius 1 is 0.920 bits per heavy atom. The lowest BCUT2D eigenvalue weighted by Gasteiger charge is -2.31. The third kappa shape index (κ3) is 5.85. The molecule has 25 heavy (non-hydrogen) atoms. The van der Waals surface area contributed by atoms with Crippen molar-refractivity contribution in [2.75, 3.05) is 32.8 Å². The van der Waals surface area contributed by atoms with Crippen LogP contribution in [0.5, 0.6) is 0 Å². The normalized spacial score (nSPS) is 11.4. The SMILES string of the molecule is CCOC(=O)C(CCN(CC)CC)(Cc1ccccc1)C(=O)OCC. The van der Waals surface area contributed by atoms with Crippen LogP contribution in [0.4, 0.5) is 0 Å². The smallest absolute Gasteiger partial charge is 0.323 e. The lowest BCUT2D eigenvalue weighted by Crippen LogP contribution is -2.46. The Bertz CT molecular complexity index is 508. The molecule has 0 atom stereocenters. The Labute approximate surface area is 151 Å². The molecule has 140 valence electrons. The molecule has 0 amide bonds. The molecule has 0 bridgehead atoms. The fourth-order valence-corrected chi connectivity index (χ4v) is 2.89. The number of rotatable bonds is 11. The highest BCUT2D eigenvalue weighted by molar-refractivity contribution is 6.00. The van der Waals surface area contributed by atoms with E-state index in [4.69, 9.17) is 9.47 Å². The maximum absolute atomic E-state index is 12.8. The van der Waals surface area contributed by atoms with Crippen LogP contribution in [0.1, 0.15) is 39.7 Å². The maximum atomic E-state index is 12.8. The van der Waals surface area contributed by atoms with E-state index in [-0.39, 0.29) is 19.6 Å². The number of carbonyl (C=O) groups is 2. The summed E-state index contributed by atoms with van der Waals surface area (Å²) in [7, 11) is 0. The van der Waals surface area contributed by atoms with Gasteiger partial charge in [-0.3, -0.25) is 9.59 Å². The van der Waals surface area contributed by atoms with E-state index in [1.54, 1.807) is 13.8 Å². The molecule has 0 saturated heterocycles.